The summed E-state index contributed by atoms with van der Waals surface area (Å²) in [4.78, 5) is 39.5. The highest BCUT2D eigenvalue weighted by molar-refractivity contribution is 5.99. The van der Waals surface area contributed by atoms with Gasteiger partial charge in [-0.1, -0.05) is 30.3 Å². The van der Waals surface area contributed by atoms with E-state index >= 15 is 0 Å². The molecule has 0 unspecified atom stereocenters. The molecule has 1 aliphatic rings. The van der Waals surface area contributed by atoms with Gasteiger partial charge in [-0.25, -0.2) is 9.18 Å². The monoisotopic (exact) mass is 477 g/mol. The van der Waals surface area contributed by atoms with Crippen LogP contribution in [0.25, 0.3) is 5.69 Å². The summed E-state index contributed by atoms with van der Waals surface area (Å²) in [6.07, 6.45) is 0.939. The summed E-state index contributed by atoms with van der Waals surface area (Å²) in [5, 5.41) is 2.84. The van der Waals surface area contributed by atoms with Crippen LogP contribution in [0.4, 0.5) is 14.9 Å². The molecule has 7 nitrogen and oxygen atoms in total. The smallest absolute Gasteiger partial charge is 0.321 e. The van der Waals surface area contributed by atoms with E-state index in [4.69, 9.17) is 4.74 Å². The number of ketones is 1. The molecule has 1 saturated heterocycles. The van der Waals surface area contributed by atoms with Crippen molar-refractivity contribution in [2.75, 3.05) is 25.0 Å². The van der Waals surface area contributed by atoms with Gasteiger partial charge in [0.25, 0.3) is 0 Å². The first-order valence-corrected chi connectivity index (χ1v) is 11.6. The van der Waals surface area contributed by atoms with Crippen molar-refractivity contribution in [3.8, 4) is 5.69 Å². The molecule has 1 aromatic heterocycles. The van der Waals surface area contributed by atoms with Gasteiger partial charge in [-0.15, -0.1) is 0 Å². The quantitative estimate of drug-likeness (QED) is 0.404. The van der Waals surface area contributed by atoms with Crippen molar-refractivity contribution in [1.82, 2.24) is 9.47 Å². The highest BCUT2D eigenvalue weighted by Gasteiger charge is 2.29. The number of ether oxygens (including phenoxy) is 1. The van der Waals surface area contributed by atoms with Gasteiger partial charge < -0.3 is 19.5 Å². The van der Waals surface area contributed by atoms with E-state index in [1.165, 1.54) is 6.07 Å². The van der Waals surface area contributed by atoms with Crippen LogP contribution in [0.5, 0.6) is 0 Å². The third-order valence-corrected chi connectivity index (χ3v) is 6.31. The molecule has 3 aromatic rings. The van der Waals surface area contributed by atoms with Crippen LogP contribution in [0.2, 0.25) is 0 Å². The number of carbonyl (C=O) groups is 3. The maximum atomic E-state index is 14.3. The number of nitrogens with one attached hydrogen (secondary N) is 1. The second-order valence-electron chi connectivity index (χ2n) is 8.66. The number of halogens is 1. The Balaban J connectivity index is 1.30. The largest absolute Gasteiger partial charge is 0.457 e. The number of carbonyl (C=O) groups excluding carboxylic acids is 3. The van der Waals surface area contributed by atoms with Crippen molar-refractivity contribution in [3.05, 3.63) is 83.4 Å². The zero-order valence-corrected chi connectivity index (χ0v) is 19.8. The van der Waals surface area contributed by atoms with E-state index in [-0.39, 0.29) is 30.2 Å². The molecule has 4 rings (SSSR count). The molecule has 2 amide bonds. The van der Waals surface area contributed by atoms with Gasteiger partial charge in [-0.2, -0.15) is 0 Å². The fourth-order valence-corrected chi connectivity index (χ4v) is 4.42. The normalized spacial score (nSPS) is 14.0. The van der Waals surface area contributed by atoms with Gasteiger partial charge in [-0.05, 0) is 57.0 Å². The van der Waals surface area contributed by atoms with Crippen molar-refractivity contribution in [2.24, 2.45) is 5.92 Å². The van der Waals surface area contributed by atoms with Gasteiger partial charge in [0.1, 0.15) is 5.82 Å². The number of benzene rings is 2. The zero-order chi connectivity index (χ0) is 24.9. The third-order valence-electron chi connectivity index (χ3n) is 6.31. The second-order valence-corrected chi connectivity index (χ2v) is 8.66. The zero-order valence-electron chi connectivity index (χ0n) is 19.8. The van der Waals surface area contributed by atoms with Crippen LogP contribution in [0, 0.1) is 25.6 Å². The molecule has 0 aliphatic carbocycles. The number of urea groups is 1. The van der Waals surface area contributed by atoms with E-state index in [1.807, 2.05) is 30.3 Å². The van der Waals surface area contributed by atoms with E-state index < -0.39 is 5.97 Å². The first-order chi connectivity index (χ1) is 16.8. The van der Waals surface area contributed by atoms with Crippen LogP contribution in [-0.2, 0) is 9.53 Å². The molecule has 35 heavy (non-hydrogen) atoms. The number of Topliss-reactive ketones (excluding diaryl/α,β-unsaturated/α-hetero) is 1. The molecule has 0 radical (unpaired) electrons. The van der Waals surface area contributed by atoms with Crippen LogP contribution < -0.4 is 5.32 Å². The summed E-state index contributed by atoms with van der Waals surface area (Å²) in [6.45, 7) is 4.01. The van der Waals surface area contributed by atoms with Crippen LogP contribution in [-0.4, -0.2) is 46.9 Å². The maximum Gasteiger partial charge on any atom is 0.321 e. The minimum Gasteiger partial charge on any atom is -0.457 e. The number of aryl methyl sites for hydroxylation is 1. The van der Waals surface area contributed by atoms with Gasteiger partial charge in [0.15, 0.2) is 6.61 Å². The molecule has 1 aliphatic heterocycles. The molecule has 182 valence electrons. The topological polar surface area (TPSA) is 80.6 Å². The fraction of sp³-hybridized carbons (Fsp3) is 0.296. The average molecular weight is 478 g/mol. The van der Waals surface area contributed by atoms with Crippen LogP contribution in [0.3, 0.4) is 0 Å². The number of hydrogen-bond donors (Lipinski definition) is 1. The number of nitrogens with zero attached hydrogens (tertiary/aromatic N) is 2. The van der Waals surface area contributed by atoms with E-state index in [0.717, 1.165) is 0 Å². The Morgan fingerprint density at radius 2 is 1.66 bits per heavy atom. The summed E-state index contributed by atoms with van der Waals surface area (Å²) in [6, 6.07) is 17.0. The maximum absolute atomic E-state index is 14.3. The molecular formula is C27H28FN3O4. The van der Waals surface area contributed by atoms with Gasteiger partial charge >= 0.3 is 12.0 Å². The number of anilines is 1. The highest BCUT2D eigenvalue weighted by atomic mass is 19.1. The Morgan fingerprint density at radius 1 is 1.00 bits per heavy atom. The number of esters is 1. The first kappa shape index (κ1) is 24.2. The summed E-state index contributed by atoms with van der Waals surface area (Å²) in [5.41, 5.74) is 2.77. The van der Waals surface area contributed by atoms with Gasteiger partial charge in [0, 0.05) is 35.7 Å². The molecule has 2 heterocycles. The standard InChI is InChI=1S/C27H28FN3O4/c1-18-16-22(19(2)31(18)24-11-7-6-10-23(24)28)25(32)17-35-26(33)20-12-14-30(15-13-20)27(34)29-21-8-4-3-5-9-21/h3-11,16,20H,12-15,17H2,1-2H3,(H,29,34). The van der Waals surface area contributed by atoms with Crippen molar-refractivity contribution in [2.45, 2.75) is 26.7 Å². The van der Waals surface area contributed by atoms with Crippen LogP contribution in [0.15, 0.2) is 60.7 Å². The lowest BCUT2D eigenvalue weighted by molar-refractivity contribution is -0.148. The summed E-state index contributed by atoms with van der Waals surface area (Å²) in [7, 11) is 0. The summed E-state index contributed by atoms with van der Waals surface area (Å²) in [5.74, 6) is -1.53. The Morgan fingerprint density at radius 3 is 2.34 bits per heavy atom. The minimum atomic E-state index is -0.440. The summed E-state index contributed by atoms with van der Waals surface area (Å²) < 4.78 is 21.3. The lowest BCUT2D eigenvalue weighted by atomic mass is 9.97. The number of rotatable bonds is 6. The van der Waals surface area contributed by atoms with E-state index in [9.17, 15) is 18.8 Å². The fourth-order valence-electron chi connectivity index (χ4n) is 4.42. The molecule has 0 spiro atoms. The molecule has 1 N–H and O–H groups in total. The number of para-hydroxylation sites is 2. The van der Waals surface area contributed by atoms with Crippen molar-refractivity contribution >= 4 is 23.5 Å². The molecule has 2 aromatic carbocycles. The van der Waals surface area contributed by atoms with Crippen LogP contribution >= 0.6 is 0 Å². The van der Waals surface area contributed by atoms with E-state index in [0.29, 0.717) is 54.3 Å². The van der Waals surface area contributed by atoms with Gasteiger partial charge in [0.2, 0.25) is 5.78 Å². The number of likely N-dealkylation sites (tertiary alicyclic amines) is 1. The molecule has 0 saturated carbocycles. The molecule has 0 bridgehead atoms. The molecule has 8 heteroatoms. The second kappa shape index (κ2) is 10.5. The number of amides is 2. The van der Waals surface area contributed by atoms with Crippen molar-refractivity contribution in [3.63, 3.8) is 0 Å². The lowest BCUT2D eigenvalue weighted by Gasteiger charge is -2.30. The number of aromatic nitrogens is 1. The van der Waals surface area contributed by atoms with E-state index in [1.54, 1.807) is 47.6 Å². The predicted octanol–water partition coefficient (Wildman–Crippen LogP) is 4.90. The summed E-state index contributed by atoms with van der Waals surface area (Å²) >= 11 is 0. The molecule has 1 fully saturated rings. The number of piperidine rings is 1. The van der Waals surface area contributed by atoms with Gasteiger partial charge in [0.05, 0.1) is 11.6 Å². The molecular weight excluding hydrogens is 449 g/mol. The molecule has 0 atom stereocenters. The SMILES string of the molecule is Cc1cc(C(=O)COC(=O)C2CCN(C(=O)Nc3ccccc3)CC2)c(C)n1-c1ccccc1F. The Labute approximate surface area is 203 Å². The Kier molecular flexibility index (Phi) is 7.29. The lowest BCUT2D eigenvalue weighted by Crippen LogP contribution is -2.42. The third kappa shape index (κ3) is 5.42. The highest BCUT2D eigenvalue weighted by Crippen LogP contribution is 2.24. The van der Waals surface area contributed by atoms with Crippen molar-refractivity contribution < 1.29 is 23.5 Å². The minimum absolute atomic E-state index is 0.205. The van der Waals surface area contributed by atoms with Crippen molar-refractivity contribution in [1.29, 1.82) is 0 Å². The predicted molar refractivity (Wildman–Crippen MR) is 130 cm³/mol. The van der Waals surface area contributed by atoms with Crippen LogP contribution in [0.1, 0.15) is 34.6 Å². The number of hydrogen-bond acceptors (Lipinski definition) is 4. The first-order valence-electron chi connectivity index (χ1n) is 11.6. The van der Waals surface area contributed by atoms with E-state index in [2.05, 4.69) is 5.32 Å². The average Bonchev–Trinajstić information content (AvgIpc) is 3.17. The Hall–Kier alpha value is -3.94. The Bertz CT molecular complexity index is 1230. The van der Waals surface area contributed by atoms with Gasteiger partial charge in [-0.3, -0.25) is 9.59 Å².